The lowest BCUT2D eigenvalue weighted by Crippen LogP contribution is -2.37. The molecule has 1 aromatic carbocycles. The highest BCUT2D eigenvalue weighted by molar-refractivity contribution is 14.0. The summed E-state index contributed by atoms with van der Waals surface area (Å²) in [6.07, 6.45) is 2.30. The van der Waals surface area contributed by atoms with Crippen molar-refractivity contribution in [3.05, 3.63) is 59.9 Å². The molecule has 0 aliphatic rings. The molecular weight excluding hydrogens is 465 g/mol. The molecule has 6 nitrogen and oxygen atoms in total. The molecule has 3 N–H and O–H groups in total. The number of halogens is 1. The Kier molecular flexibility index (Phi) is 11.2. The summed E-state index contributed by atoms with van der Waals surface area (Å²) in [6, 6.07) is 13.6. The third kappa shape index (κ3) is 9.16. The molecule has 0 saturated carbocycles. The van der Waals surface area contributed by atoms with Crippen LogP contribution in [-0.4, -0.2) is 23.4 Å². The number of rotatable bonds is 8. The number of pyridine rings is 1. The zero-order chi connectivity index (χ0) is 19.5. The summed E-state index contributed by atoms with van der Waals surface area (Å²) in [6.45, 7) is 8.00. The minimum atomic E-state index is 0. The maximum Gasteiger partial charge on any atom is 0.224 e. The molecule has 0 spiro atoms. The standard InChI is InChI=1S/C21H29N5O.HI/c1-4-22-21(25-15-19-9-5-6-11-23-19)24-14-17-8-7-10-18(13-17)26-20(27)12-16(2)3;/h5-11,13,16H,4,12,14-15H2,1-3H3,(H,26,27)(H2,22,24,25);1H. The highest BCUT2D eigenvalue weighted by atomic mass is 127. The summed E-state index contributed by atoms with van der Waals surface area (Å²) < 4.78 is 0. The number of nitrogens with one attached hydrogen (secondary N) is 3. The van der Waals surface area contributed by atoms with Crippen LogP contribution in [0.4, 0.5) is 5.69 Å². The summed E-state index contributed by atoms with van der Waals surface area (Å²) in [7, 11) is 0. The van der Waals surface area contributed by atoms with Crippen LogP contribution in [-0.2, 0) is 17.9 Å². The van der Waals surface area contributed by atoms with Gasteiger partial charge in [0.2, 0.25) is 5.91 Å². The first-order valence-corrected chi connectivity index (χ1v) is 9.37. The van der Waals surface area contributed by atoms with E-state index in [0.717, 1.165) is 29.4 Å². The molecule has 0 aliphatic carbocycles. The Balaban J connectivity index is 0.00000392. The second-order valence-electron chi connectivity index (χ2n) is 6.72. The highest BCUT2D eigenvalue weighted by Crippen LogP contribution is 2.13. The van der Waals surface area contributed by atoms with Crippen molar-refractivity contribution in [3.8, 4) is 0 Å². The number of amides is 1. The van der Waals surface area contributed by atoms with Gasteiger partial charge in [-0.25, -0.2) is 4.99 Å². The molecule has 1 aromatic heterocycles. The number of guanidine groups is 1. The molecule has 0 fully saturated rings. The zero-order valence-electron chi connectivity index (χ0n) is 16.7. The fourth-order valence-electron chi connectivity index (χ4n) is 2.52. The lowest BCUT2D eigenvalue weighted by Gasteiger charge is -2.11. The van der Waals surface area contributed by atoms with E-state index < -0.39 is 0 Å². The third-order valence-electron chi connectivity index (χ3n) is 3.73. The quantitative estimate of drug-likeness (QED) is 0.295. The molecule has 7 heteroatoms. The first-order valence-electron chi connectivity index (χ1n) is 9.37. The van der Waals surface area contributed by atoms with Crippen molar-refractivity contribution in [3.63, 3.8) is 0 Å². The predicted octanol–water partition coefficient (Wildman–Crippen LogP) is 3.94. The first-order chi connectivity index (χ1) is 13.1. The van der Waals surface area contributed by atoms with Crippen LogP contribution in [0.1, 0.15) is 38.4 Å². The zero-order valence-corrected chi connectivity index (χ0v) is 19.1. The van der Waals surface area contributed by atoms with Crippen LogP contribution in [0, 0.1) is 5.92 Å². The molecule has 0 unspecified atom stereocenters. The number of aliphatic imine (C=N–C) groups is 1. The van der Waals surface area contributed by atoms with Gasteiger partial charge in [0.05, 0.1) is 18.8 Å². The lowest BCUT2D eigenvalue weighted by molar-refractivity contribution is -0.116. The number of hydrogen-bond acceptors (Lipinski definition) is 3. The fraction of sp³-hybridized carbons (Fsp3) is 0.381. The van der Waals surface area contributed by atoms with Crippen molar-refractivity contribution in [2.45, 2.75) is 40.3 Å². The second-order valence-corrected chi connectivity index (χ2v) is 6.72. The van der Waals surface area contributed by atoms with Crippen LogP contribution in [0.15, 0.2) is 53.7 Å². The van der Waals surface area contributed by atoms with Crippen LogP contribution in [0.5, 0.6) is 0 Å². The second kappa shape index (κ2) is 13.1. The van der Waals surface area contributed by atoms with Crippen molar-refractivity contribution in [1.82, 2.24) is 15.6 Å². The summed E-state index contributed by atoms with van der Waals surface area (Å²) >= 11 is 0. The van der Waals surface area contributed by atoms with E-state index >= 15 is 0 Å². The molecule has 0 bridgehead atoms. The average molecular weight is 495 g/mol. The summed E-state index contributed by atoms with van der Waals surface area (Å²) in [4.78, 5) is 20.9. The molecule has 2 rings (SSSR count). The Bertz CT molecular complexity index is 749. The monoisotopic (exact) mass is 495 g/mol. The molecule has 0 radical (unpaired) electrons. The Morgan fingerprint density at radius 2 is 1.96 bits per heavy atom. The van der Waals surface area contributed by atoms with Gasteiger partial charge in [0.25, 0.3) is 0 Å². The van der Waals surface area contributed by atoms with Gasteiger partial charge in [-0.2, -0.15) is 0 Å². The minimum absolute atomic E-state index is 0. The molecule has 0 atom stereocenters. The highest BCUT2D eigenvalue weighted by Gasteiger charge is 2.06. The number of carbonyl (C=O) groups excluding carboxylic acids is 1. The largest absolute Gasteiger partial charge is 0.357 e. The molecule has 2 aromatic rings. The number of anilines is 1. The van der Waals surface area contributed by atoms with Crippen molar-refractivity contribution in [2.75, 3.05) is 11.9 Å². The molecular formula is C21H30IN5O. The van der Waals surface area contributed by atoms with Crippen LogP contribution >= 0.6 is 24.0 Å². The van der Waals surface area contributed by atoms with E-state index in [2.05, 4.69) is 25.9 Å². The smallest absolute Gasteiger partial charge is 0.224 e. The maximum absolute atomic E-state index is 11.9. The van der Waals surface area contributed by atoms with Gasteiger partial charge in [0, 0.05) is 24.8 Å². The van der Waals surface area contributed by atoms with E-state index in [1.165, 1.54) is 0 Å². The number of carbonyl (C=O) groups is 1. The summed E-state index contributed by atoms with van der Waals surface area (Å²) in [5.74, 6) is 1.11. The Morgan fingerprint density at radius 3 is 2.64 bits per heavy atom. The Morgan fingerprint density at radius 1 is 1.14 bits per heavy atom. The van der Waals surface area contributed by atoms with Crippen LogP contribution in [0.25, 0.3) is 0 Å². The van der Waals surface area contributed by atoms with E-state index in [1.807, 2.05) is 63.2 Å². The number of benzene rings is 1. The number of aromatic nitrogens is 1. The summed E-state index contributed by atoms with van der Waals surface area (Å²) in [5.41, 5.74) is 2.80. The van der Waals surface area contributed by atoms with Gasteiger partial charge in [0.15, 0.2) is 5.96 Å². The molecule has 1 heterocycles. The van der Waals surface area contributed by atoms with Crippen molar-refractivity contribution >= 4 is 41.5 Å². The van der Waals surface area contributed by atoms with Crippen LogP contribution in [0.3, 0.4) is 0 Å². The van der Waals surface area contributed by atoms with E-state index in [9.17, 15) is 4.79 Å². The van der Waals surface area contributed by atoms with Crippen LogP contribution in [0.2, 0.25) is 0 Å². The van der Waals surface area contributed by atoms with Crippen LogP contribution < -0.4 is 16.0 Å². The normalized spacial score (nSPS) is 10.9. The first kappa shape index (κ1) is 23.9. The molecule has 152 valence electrons. The average Bonchev–Trinajstić information content (AvgIpc) is 2.64. The van der Waals surface area contributed by atoms with E-state index in [0.29, 0.717) is 25.4 Å². The molecule has 0 aliphatic heterocycles. The van der Waals surface area contributed by atoms with Gasteiger partial charge in [-0.15, -0.1) is 24.0 Å². The van der Waals surface area contributed by atoms with E-state index in [-0.39, 0.29) is 29.9 Å². The minimum Gasteiger partial charge on any atom is -0.357 e. The van der Waals surface area contributed by atoms with Gasteiger partial charge >= 0.3 is 0 Å². The van der Waals surface area contributed by atoms with Gasteiger partial charge in [0.1, 0.15) is 0 Å². The summed E-state index contributed by atoms with van der Waals surface area (Å²) in [5, 5.41) is 9.46. The third-order valence-corrected chi connectivity index (χ3v) is 3.73. The predicted molar refractivity (Wildman–Crippen MR) is 126 cm³/mol. The number of hydrogen-bond donors (Lipinski definition) is 3. The van der Waals surface area contributed by atoms with E-state index in [1.54, 1.807) is 6.20 Å². The lowest BCUT2D eigenvalue weighted by atomic mass is 10.1. The molecule has 1 amide bonds. The molecule has 28 heavy (non-hydrogen) atoms. The number of nitrogens with zero attached hydrogens (tertiary/aromatic N) is 2. The Labute approximate surface area is 184 Å². The van der Waals surface area contributed by atoms with E-state index in [4.69, 9.17) is 0 Å². The SMILES string of the molecule is CCNC(=NCc1cccc(NC(=O)CC(C)C)c1)NCc1ccccn1.I. The van der Waals surface area contributed by atoms with Gasteiger partial charge in [-0.05, 0) is 42.7 Å². The van der Waals surface area contributed by atoms with Crippen molar-refractivity contribution in [1.29, 1.82) is 0 Å². The van der Waals surface area contributed by atoms with Gasteiger partial charge in [-0.3, -0.25) is 9.78 Å². The fourth-order valence-corrected chi connectivity index (χ4v) is 2.52. The van der Waals surface area contributed by atoms with Crippen molar-refractivity contribution in [2.24, 2.45) is 10.9 Å². The van der Waals surface area contributed by atoms with Gasteiger partial charge < -0.3 is 16.0 Å². The topological polar surface area (TPSA) is 78.4 Å². The van der Waals surface area contributed by atoms with Crippen molar-refractivity contribution < 1.29 is 4.79 Å². The Hall–Kier alpha value is -2.16. The van der Waals surface area contributed by atoms with Gasteiger partial charge in [-0.1, -0.05) is 32.0 Å². The molecule has 0 saturated heterocycles. The maximum atomic E-state index is 11.9.